The first-order valence-electron chi connectivity index (χ1n) is 11.3. The first-order chi connectivity index (χ1) is 16.6. The van der Waals surface area contributed by atoms with Gasteiger partial charge in [0.1, 0.15) is 17.7 Å². The number of fused-ring (bicyclic) bond motifs is 1. The second-order valence-electron chi connectivity index (χ2n) is 8.73. The van der Waals surface area contributed by atoms with E-state index in [9.17, 15) is 14.4 Å². The first kappa shape index (κ1) is 21.2. The van der Waals surface area contributed by atoms with Crippen LogP contribution in [0.4, 0.5) is 16.4 Å². The van der Waals surface area contributed by atoms with Crippen LogP contribution in [0.5, 0.6) is 0 Å². The van der Waals surface area contributed by atoms with E-state index in [1.165, 1.54) is 22.2 Å². The molecule has 174 valence electrons. The molecule has 1 aromatic carbocycles. The summed E-state index contributed by atoms with van der Waals surface area (Å²) in [5, 5.41) is 7.32. The zero-order valence-corrected chi connectivity index (χ0v) is 19.1. The van der Waals surface area contributed by atoms with Crippen LogP contribution in [0.1, 0.15) is 17.9 Å². The van der Waals surface area contributed by atoms with E-state index < -0.39 is 6.09 Å². The zero-order valence-electron chi connectivity index (χ0n) is 18.3. The quantitative estimate of drug-likeness (QED) is 0.526. The third kappa shape index (κ3) is 3.72. The monoisotopic (exact) mass is 477 g/mol. The third-order valence-electron chi connectivity index (χ3n) is 6.53. The Balaban J connectivity index is 1.05. The van der Waals surface area contributed by atoms with Crippen LogP contribution in [0.15, 0.2) is 52.2 Å². The van der Waals surface area contributed by atoms with Crippen LogP contribution >= 0.6 is 11.8 Å². The van der Waals surface area contributed by atoms with Gasteiger partial charge in [-0.25, -0.2) is 9.78 Å². The Hall–Kier alpha value is -3.37. The molecule has 10 heteroatoms. The van der Waals surface area contributed by atoms with Gasteiger partial charge in [0.2, 0.25) is 5.91 Å². The Morgan fingerprint density at radius 2 is 2.03 bits per heavy atom. The smallest absolute Gasteiger partial charge is 0.415 e. The fourth-order valence-corrected chi connectivity index (χ4v) is 5.65. The van der Waals surface area contributed by atoms with E-state index in [1.54, 1.807) is 12.1 Å². The van der Waals surface area contributed by atoms with Gasteiger partial charge in [0, 0.05) is 25.1 Å². The summed E-state index contributed by atoms with van der Waals surface area (Å²) in [6.07, 6.45) is 0.00185. The summed E-state index contributed by atoms with van der Waals surface area (Å²) in [6, 6.07) is 13.3. The van der Waals surface area contributed by atoms with Gasteiger partial charge < -0.3 is 19.9 Å². The lowest BCUT2D eigenvalue weighted by Crippen LogP contribution is -2.29. The summed E-state index contributed by atoms with van der Waals surface area (Å²) in [6.45, 7) is 2.52. The molecule has 6 rings (SSSR count). The summed E-state index contributed by atoms with van der Waals surface area (Å²) in [7, 11) is 0. The highest BCUT2D eigenvalue weighted by atomic mass is 32.2. The summed E-state index contributed by atoms with van der Waals surface area (Å²) in [5.74, 6) is 1.47. The first-order valence-corrected chi connectivity index (χ1v) is 12.3. The van der Waals surface area contributed by atoms with Gasteiger partial charge in [-0.1, -0.05) is 18.2 Å². The van der Waals surface area contributed by atoms with Crippen LogP contribution in [-0.4, -0.2) is 53.0 Å². The molecule has 9 nitrogen and oxygen atoms in total. The molecule has 2 atom stereocenters. The average molecular weight is 478 g/mol. The highest BCUT2D eigenvalue weighted by Crippen LogP contribution is 2.33. The summed E-state index contributed by atoms with van der Waals surface area (Å²) in [5.41, 5.74) is 2.27. The second kappa shape index (κ2) is 8.44. The number of benzene rings is 1. The molecular weight excluding hydrogens is 454 g/mol. The Labute approximate surface area is 199 Å². The number of anilines is 2. The third-order valence-corrected chi connectivity index (χ3v) is 7.57. The molecule has 3 aromatic rings. The molecule has 2 amide bonds. The highest BCUT2D eigenvalue weighted by Gasteiger charge is 2.34. The minimum atomic E-state index is -0.426. The van der Waals surface area contributed by atoms with Gasteiger partial charge in [0.25, 0.3) is 5.56 Å². The fourth-order valence-electron chi connectivity index (χ4n) is 4.89. The fraction of sp³-hybridized carbons (Fsp3) is 0.333. The molecule has 0 bridgehead atoms. The number of ether oxygens (including phenoxy) is 1. The van der Waals surface area contributed by atoms with Crippen molar-refractivity contribution in [1.82, 2.24) is 14.9 Å². The molecule has 5 heterocycles. The number of aromatic nitrogens is 2. The lowest BCUT2D eigenvalue weighted by molar-refractivity contribution is -0.113. The van der Waals surface area contributed by atoms with Gasteiger partial charge >= 0.3 is 6.09 Å². The number of carbonyl (C=O) groups excluding carboxylic acids is 2. The topological polar surface area (TPSA) is 106 Å². The van der Waals surface area contributed by atoms with E-state index in [2.05, 4.69) is 21.7 Å². The van der Waals surface area contributed by atoms with E-state index in [4.69, 9.17) is 4.74 Å². The number of carbonyl (C=O) groups is 2. The Kier molecular flexibility index (Phi) is 5.26. The zero-order chi connectivity index (χ0) is 23.2. The molecule has 2 aromatic heterocycles. The lowest BCUT2D eigenvalue weighted by atomic mass is 10.00. The van der Waals surface area contributed by atoms with Crippen molar-refractivity contribution in [2.75, 3.05) is 35.6 Å². The van der Waals surface area contributed by atoms with Crippen molar-refractivity contribution < 1.29 is 14.3 Å². The number of pyridine rings is 2. The van der Waals surface area contributed by atoms with Gasteiger partial charge in [0.15, 0.2) is 0 Å². The average Bonchev–Trinajstić information content (AvgIpc) is 3.40. The van der Waals surface area contributed by atoms with Crippen molar-refractivity contribution in [3.05, 3.63) is 58.4 Å². The highest BCUT2D eigenvalue weighted by molar-refractivity contribution is 8.00. The molecule has 0 spiro atoms. The molecule has 3 aliphatic heterocycles. The number of hydrogen-bond acceptors (Lipinski definition) is 7. The number of rotatable bonds is 6. The molecule has 0 radical (unpaired) electrons. The van der Waals surface area contributed by atoms with E-state index >= 15 is 0 Å². The molecule has 3 aliphatic rings. The van der Waals surface area contributed by atoms with E-state index in [0.717, 1.165) is 22.3 Å². The normalized spacial score (nSPS) is 21.0. The van der Waals surface area contributed by atoms with Crippen LogP contribution in [-0.2, 0) is 16.1 Å². The van der Waals surface area contributed by atoms with Crippen molar-refractivity contribution in [3.8, 4) is 0 Å². The number of hydrogen-bond donors (Lipinski definition) is 2. The van der Waals surface area contributed by atoms with Crippen molar-refractivity contribution in [3.63, 3.8) is 0 Å². The number of thioether (sulfide) groups is 1. The summed E-state index contributed by atoms with van der Waals surface area (Å²) >= 11 is 1.43. The summed E-state index contributed by atoms with van der Waals surface area (Å²) in [4.78, 5) is 43.2. The predicted octanol–water partition coefficient (Wildman–Crippen LogP) is 2.54. The lowest BCUT2D eigenvalue weighted by Gasteiger charge is -2.18. The molecule has 0 aliphatic carbocycles. The Bertz CT molecular complexity index is 1370. The van der Waals surface area contributed by atoms with Crippen LogP contribution in [0.2, 0.25) is 0 Å². The second-order valence-corrected chi connectivity index (χ2v) is 9.74. The van der Waals surface area contributed by atoms with Gasteiger partial charge in [-0.05, 0) is 42.1 Å². The Morgan fingerprint density at radius 3 is 2.94 bits per heavy atom. The number of amides is 2. The van der Waals surface area contributed by atoms with Crippen molar-refractivity contribution in [1.29, 1.82) is 0 Å². The van der Waals surface area contributed by atoms with Crippen molar-refractivity contribution in [2.24, 2.45) is 0 Å². The maximum atomic E-state index is 12.4. The molecule has 2 N–H and O–H groups in total. The molecule has 0 saturated carbocycles. The van der Waals surface area contributed by atoms with Crippen LogP contribution in [0.3, 0.4) is 0 Å². The van der Waals surface area contributed by atoms with Crippen LogP contribution < -0.4 is 21.1 Å². The number of nitrogens with one attached hydrogen (secondary N) is 2. The predicted molar refractivity (Wildman–Crippen MR) is 130 cm³/mol. The van der Waals surface area contributed by atoms with Crippen LogP contribution in [0, 0.1) is 0 Å². The van der Waals surface area contributed by atoms with Gasteiger partial charge in [-0.2, -0.15) is 0 Å². The number of para-hydroxylation sites is 1. The van der Waals surface area contributed by atoms with Crippen LogP contribution in [0.25, 0.3) is 10.9 Å². The van der Waals surface area contributed by atoms with E-state index in [-0.39, 0.29) is 23.5 Å². The molecule has 34 heavy (non-hydrogen) atoms. The maximum absolute atomic E-state index is 12.4. The molecule has 1 fully saturated rings. The van der Waals surface area contributed by atoms with Gasteiger partial charge in [0.05, 0.1) is 22.7 Å². The van der Waals surface area contributed by atoms with Gasteiger partial charge in [-0.3, -0.25) is 14.5 Å². The number of cyclic esters (lactones) is 1. The number of nitrogens with zero attached hydrogens (tertiary/aromatic N) is 3. The molecular formula is C24H23N5O4S. The minimum absolute atomic E-state index is 0.0364. The van der Waals surface area contributed by atoms with Gasteiger partial charge in [-0.15, -0.1) is 11.8 Å². The van der Waals surface area contributed by atoms with E-state index in [1.807, 2.05) is 28.8 Å². The molecule has 0 unspecified atom stereocenters. The molecule has 1 saturated heterocycles. The summed E-state index contributed by atoms with van der Waals surface area (Å²) < 4.78 is 7.41. The largest absolute Gasteiger partial charge is 0.444 e. The van der Waals surface area contributed by atoms with Crippen molar-refractivity contribution >= 4 is 46.3 Å². The van der Waals surface area contributed by atoms with Crippen molar-refractivity contribution in [2.45, 2.75) is 29.9 Å². The SMILES string of the molecule is O=C1CSc2ccc(N3C[C@H](CCNC[C@@H]4Cn5c(=O)ccc6cccc4c65)OC3=O)nc2N1. The Morgan fingerprint density at radius 1 is 1.12 bits per heavy atom. The standard InChI is InChI=1S/C24H23N5O4S/c30-20-13-34-18-5-6-19(26-23(18)27-20)28-12-16(33-24(28)32)8-9-25-10-15-11-29-21(31)7-4-14-2-1-3-17(15)22(14)29/h1-7,15-16,25H,8-13H2,(H,26,27,30)/t15-,16+/m1/s1. The maximum Gasteiger partial charge on any atom is 0.415 e. The minimum Gasteiger partial charge on any atom is -0.444 e. The van der Waals surface area contributed by atoms with E-state index in [0.29, 0.717) is 43.4 Å².